The molecule has 4 aromatic rings. The quantitative estimate of drug-likeness (QED) is 0.232. The maximum Gasteiger partial charge on any atom is 0.407 e. The Hall–Kier alpha value is -3.96. The average Bonchev–Trinajstić information content (AvgIpc) is 3.64. The Labute approximate surface area is 250 Å². The molecule has 42 heavy (non-hydrogen) atoms. The first-order valence-corrected chi connectivity index (χ1v) is 14.8. The van der Waals surface area contributed by atoms with Crippen LogP contribution in [0.5, 0.6) is 0 Å². The van der Waals surface area contributed by atoms with E-state index in [4.69, 9.17) is 9.15 Å². The SMILES string of the molecule is CCN(C)c1nc2ccc(C(=O)N(C[C@@H](O)[C@H](Cc3ccccc3)NC(=O)OCc3cncs3)CC(C)(C)C)cc2o1. The molecular weight excluding hydrogens is 554 g/mol. The van der Waals surface area contributed by atoms with E-state index in [1.807, 2.05) is 70.0 Å². The molecule has 2 N–H and O–H groups in total. The molecule has 2 heterocycles. The van der Waals surface area contributed by atoms with Gasteiger partial charge in [-0.3, -0.25) is 9.78 Å². The van der Waals surface area contributed by atoms with Crippen molar-refractivity contribution >= 4 is 40.5 Å². The van der Waals surface area contributed by atoms with E-state index in [0.717, 1.165) is 17.0 Å². The lowest BCUT2D eigenvalue weighted by Gasteiger charge is -2.34. The van der Waals surface area contributed by atoms with Gasteiger partial charge in [-0.05, 0) is 42.5 Å². The summed E-state index contributed by atoms with van der Waals surface area (Å²) >= 11 is 1.39. The van der Waals surface area contributed by atoms with E-state index in [-0.39, 0.29) is 24.5 Å². The molecule has 4 rings (SSSR count). The van der Waals surface area contributed by atoms with Gasteiger partial charge in [-0.2, -0.15) is 4.98 Å². The van der Waals surface area contributed by atoms with Gasteiger partial charge in [0, 0.05) is 38.4 Å². The highest BCUT2D eigenvalue weighted by Gasteiger charge is 2.30. The highest BCUT2D eigenvalue weighted by atomic mass is 32.1. The fraction of sp³-hybridized carbons (Fsp3) is 0.419. The summed E-state index contributed by atoms with van der Waals surface area (Å²) < 4.78 is 11.3. The number of hydrogen-bond donors (Lipinski definition) is 2. The van der Waals surface area contributed by atoms with Gasteiger partial charge in [0.15, 0.2) is 5.58 Å². The number of amides is 2. The predicted molar refractivity (Wildman–Crippen MR) is 164 cm³/mol. The zero-order valence-electron chi connectivity index (χ0n) is 24.7. The van der Waals surface area contributed by atoms with Crippen LogP contribution in [0.15, 0.2) is 64.7 Å². The highest BCUT2D eigenvalue weighted by Crippen LogP contribution is 2.24. The monoisotopic (exact) mass is 593 g/mol. The molecule has 0 saturated heterocycles. The van der Waals surface area contributed by atoms with Crippen LogP contribution >= 0.6 is 11.3 Å². The maximum absolute atomic E-state index is 13.9. The summed E-state index contributed by atoms with van der Waals surface area (Å²) in [5.74, 6) is -0.251. The van der Waals surface area contributed by atoms with Crippen LogP contribution in [-0.4, -0.2) is 70.8 Å². The van der Waals surface area contributed by atoms with E-state index in [9.17, 15) is 14.7 Å². The zero-order chi connectivity index (χ0) is 30.3. The highest BCUT2D eigenvalue weighted by molar-refractivity contribution is 7.09. The van der Waals surface area contributed by atoms with Gasteiger partial charge < -0.3 is 29.4 Å². The first-order valence-electron chi connectivity index (χ1n) is 14.0. The number of anilines is 1. The van der Waals surface area contributed by atoms with Crippen LogP contribution in [0.4, 0.5) is 10.8 Å². The van der Waals surface area contributed by atoms with E-state index in [2.05, 4.69) is 15.3 Å². The largest absolute Gasteiger partial charge is 0.444 e. The summed E-state index contributed by atoms with van der Waals surface area (Å²) in [5, 5.41) is 14.3. The number of aliphatic hydroxyl groups is 1. The van der Waals surface area contributed by atoms with E-state index in [1.54, 1.807) is 34.8 Å². The number of aromatic nitrogens is 2. The second kappa shape index (κ2) is 13.8. The summed E-state index contributed by atoms with van der Waals surface area (Å²) in [6, 6.07) is 14.5. The third-order valence-electron chi connectivity index (χ3n) is 6.68. The molecule has 0 aliphatic carbocycles. The Morgan fingerprint density at radius 3 is 2.60 bits per heavy atom. The van der Waals surface area contributed by atoms with Crippen molar-refractivity contribution in [3.63, 3.8) is 0 Å². The van der Waals surface area contributed by atoms with Gasteiger partial charge in [-0.1, -0.05) is 51.1 Å². The molecule has 0 aliphatic heterocycles. The van der Waals surface area contributed by atoms with Crippen molar-refractivity contribution in [2.45, 2.75) is 52.9 Å². The number of carbonyl (C=O) groups is 2. The van der Waals surface area contributed by atoms with Crippen LogP contribution in [0.2, 0.25) is 0 Å². The maximum atomic E-state index is 13.9. The first-order chi connectivity index (χ1) is 20.0. The van der Waals surface area contributed by atoms with Gasteiger partial charge >= 0.3 is 6.09 Å². The molecule has 0 fully saturated rings. The van der Waals surface area contributed by atoms with Gasteiger partial charge in [-0.25, -0.2) is 4.79 Å². The minimum atomic E-state index is -1.08. The van der Waals surface area contributed by atoms with Crippen molar-refractivity contribution < 1.29 is 23.8 Å². The fourth-order valence-corrected chi connectivity index (χ4v) is 4.97. The molecule has 0 aliphatic rings. The van der Waals surface area contributed by atoms with Crippen LogP contribution in [0.3, 0.4) is 0 Å². The molecule has 2 aromatic carbocycles. The lowest BCUT2D eigenvalue weighted by atomic mass is 9.94. The Morgan fingerprint density at radius 2 is 1.93 bits per heavy atom. The molecule has 2 atom stereocenters. The molecule has 0 spiro atoms. The molecule has 0 saturated carbocycles. The third kappa shape index (κ3) is 8.53. The number of oxazole rings is 1. The number of ether oxygens (including phenoxy) is 1. The van der Waals surface area contributed by atoms with E-state index in [1.165, 1.54) is 11.3 Å². The Morgan fingerprint density at radius 1 is 1.17 bits per heavy atom. The topological polar surface area (TPSA) is 121 Å². The molecule has 2 aromatic heterocycles. The van der Waals surface area contributed by atoms with Gasteiger partial charge in [0.2, 0.25) is 0 Å². The predicted octanol–water partition coefficient (Wildman–Crippen LogP) is 5.13. The number of nitrogens with zero attached hydrogens (tertiary/aromatic N) is 4. The van der Waals surface area contributed by atoms with E-state index < -0.39 is 18.2 Å². The van der Waals surface area contributed by atoms with Crippen LogP contribution in [0.25, 0.3) is 11.1 Å². The Bertz CT molecular complexity index is 1450. The molecule has 224 valence electrons. The van der Waals surface area contributed by atoms with Crippen molar-refractivity contribution in [2.75, 3.05) is 31.6 Å². The minimum Gasteiger partial charge on any atom is -0.444 e. The third-order valence-corrected chi connectivity index (χ3v) is 7.43. The molecule has 2 amide bonds. The number of carbonyl (C=O) groups excluding carboxylic acids is 2. The summed E-state index contributed by atoms with van der Waals surface area (Å²) in [6.45, 7) is 9.29. The van der Waals surface area contributed by atoms with E-state index in [0.29, 0.717) is 35.6 Å². The van der Waals surface area contributed by atoms with Gasteiger partial charge in [0.05, 0.1) is 22.5 Å². The van der Waals surface area contributed by atoms with Crippen LogP contribution < -0.4 is 10.2 Å². The number of thiazole rings is 1. The van der Waals surface area contributed by atoms with E-state index >= 15 is 0 Å². The van der Waals surface area contributed by atoms with Crippen LogP contribution in [-0.2, 0) is 17.8 Å². The van der Waals surface area contributed by atoms with Crippen molar-refractivity contribution in [2.24, 2.45) is 5.41 Å². The van der Waals surface area contributed by atoms with Crippen LogP contribution in [0.1, 0.15) is 48.5 Å². The lowest BCUT2D eigenvalue weighted by Crippen LogP contribution is -2.51. The number of rotatable bonds is 12. The molecular formula is C31H39N5O5S. The normalized spacial score (nSPS) is 13.0. The second-order valence-corrected chi connectivity index (χ2v) is 12.5. The van der Waals surface area contributed by atoms with Crippen molar-refractivity contribution in [1.29, 1.82) is 0 Å². The molecule has 0 unspecified atom stereocenters. The standard InChI is InChI=1S/C31H39N5O5S/c1-6-35(5)29-33-24-13-12-22(15-27(24)41-29)28(38)36(19-31(2,3)4)17-26(37)25(14-21-10-8-7-9-11-21)34-30(39)40-18-23-16-32-20-42-23/h7-13,15-16,20,25-26,37H,6,14,17-19H2,1-5H3,(H,34,39)/t25-,26+/m0/s1. The smallest absolute Gasteiger partial charge is 0.407 e. The average molecular weight is 594 g/mol. The van der Waals surface area contributed by atoms with Gasteiger partial charge in [0.1, 0.15) is 12.1 Å². The molecule has 0 radical (unpaired) electrons. The summed E-state index contributed by atoms with van der Waals surface area (Å²) in [6.07, 6.45) is 0.267. The number of alkyl carbamates (subject to hydrolysis) is 1. The van der Waals surface area contributed by atoms with Crippen molar-refractivity contribution in [3.05, 3.63) is 76.2 Å². The Balaban J connectivity index is 1.54. The number of fused-ring (bicyclic) bond motifs is 1. The summed E-state index contributed by atoms with van der Waals surface area (Å²) in [4.78, 5) is 39.4. The Kier molecular flexibility index (Phi) is 10.2. The lowest BCUT2D eigenvalue weighted by molar-refractivity contribution is 0.0440. The second-order valence-electron chi connectivity index (χ2n) is 11.5. The van der Waals surface area contributed by atoms with Crippen molar-refractivity contribution in [1.82, 2.24) is 20.2 Å². The molecule has 0 bridgehead atoms. The fourth-order valence-electron chi connectivity index (χ4n) is 4.47. The summed E-state index contributed by atoms with van der Waals surface area (Å²) in [5.41, 5.74) is 3.95. The number of aliphatic hydroxyl groups excluding tert-OH is 1. The van der Waals surface area contributed by atoms with Gasteiger partial charge in [-0.15, -0.1) is 11.3 Å². The van der Waals surface area contributed by atoms with Crippen molar-refractivity contribution in [3.8, 4) is 0 Å². The minimum absolute atomic E-state index is 0.000985. The number of benzene rings is 2. The first kappa shape index (κ1) is 31.0. The van der Waals surface area contributed by atoms with Gasteiger partial charge in [0.25, 0.3) is 11.9 Å². The number of nitrogens with one attached hydrogen (secondary N) is 1. The van der Waals surface area contributed by atoms with Crippen LogP contribution in [0, 0.1) is 5.41 Å². The molecule has 10 nitrogen and oxygen atoms in total. The molecule has 11 heteroatoms. The summed E-state index contributed by atoms with van der Waals surface area (Å²) in [7, 11) is 1.89. The zero-order valence-corrected chi connectivity index (χ0v) is 25.6. The number of hydrogen-bond acceptors (Lipinski definition) is 9.